The molecule has 1 amide bonds. The van der Waals surface area contributed by atoms with Crippen LogP contribution < -0.4 is 14.8 Å². The van der Waals surface area contributed by atoms with Gasteiger partial charge in [0.25, 0.3) is 5.91 Å². The fraction of sp³-hybridized carbons (Fsp3) is 0.273. The third-order valence-electron chi connectivity index (χ3n) is 4.10. The first-order chi connectivity index (χ1) is 13.8. The Bertz CT molecular complexity index is 956. The highest BCUT2D eigenvalue weighted by atomic mass is 19.3. The number of para-hydroxylation sites is 1. The molecule has 5 nitrogen and oxygen atoms in total. The Kier molecular flexibility index (Phi) is 7.32. The predicted octanol–water partition coefficient (Wildman–Crippen LogP) is 5.16. The minimum atomic E-state index is -3.08. The molecule has 2 aromatic rings. The van der Waals surface area contributed by atoms with Crippen molar-refractivity contribution in [2.24, 2.45) is 0 Å². The monoisotopic (exact) mass is 400 g/mol. The molecule has 7 heteroatoms. The lowest BCUT2D eigenvalue weighted by Crippen LogP contribution is -2.15. The van der Waals surface area contributed by atoms with E-state index in [-0.39, 0.29) is 29.2 Å². The maximum atomic E-state index is 12.9. The van der Waals surface area contributed by atoms with E-state index in [0.717, 1.165) is 16.7 Å². The average Bonchev–Trinajstić information content (AvgIpc) is 2.64. The molecule has 29 heavy (non-hydrogen) atoms. The number of aryl methyl sites for hydroxylation is 3. The second kappa shape index (κ2) is 9.69. The maximum Gasteiger partial charge on any atom is 0.387 e. The molecule has 2 rings (SSSR count). The van der Waals surface area contributed by atoms with Gasteiger partial charge in [0.2, 0.25) is 0 Å². The molecule has 0 aliphatic carbocycles. The number of nitrogens with one attached hydrogen (secondary N) is 1. The predicted molar refractivity (Wildman–Crippen MR) is 107 cm³/mol. The smallest absolute Gasteiger partial charge is 0.387 e. The highest BCUT2D eigenvalue weighted by Crippen LogP contribution is 2.34. The fourth-order valence-electron chi connectivity index (χ4n) is 2.99. The first kappa shape index (κ1) is 21.9. The van der Waals surface area contributed by atoms with Crippen LogP contribution >= 0.6 is 0 Å². The highest BCUT2D eigenvalue weighted by Gasteiger charge is 2.18. The molecule has 0 aliphatic heterocycles. The summed E-state index contributed by atoms with van der Waals surface area (Å²) in [5, 5.41) is 12.2. The maximum absolute atomic E-state index is 12.9. The minimum Gasteiger partial charge on any atom is -0.490 e. The Morgan fingerprint density at radius 2 is 1.90 bits per heavy atom. The van der Waals surface area contributed by atoms with Crippen molar-refractivity contribution in [3.8, 4) is 17.6 Å². The van der Waals surface area contributed by atoms with Crippen molar-refractivity contribution in [1.82, 2.24) is 0 Å². The van der Waals surface area contributed by atoms with Crippen LogP contribution in [0, 0.1) is 32.1 Å². The number of anilines is 1. The van der Waals surface area contributed by atoms with Crippen LogP contribution in [0.2, 0.25) is 0 Å². The summed E-state index contributed by atoms with van der Waals surface area (Å²) in [6, 6.07) is 10.2. The van der Waals surface area contributed by atoms with E-state index in [1.54, 1.807) is 13.0 Å². The van der Waals surface area contributed by atoms with Crippen LogP contribution in [0.15, 0.2) is 35.9 Å². The molecule has 0 fully saturated rings. The van der Waals surface area contributed by atoms with Gasteiger partial charge in [-0.25, -0.2) is 0 Å². The summed E-state index contributed by atoms with van der Waals surface area (Å²) in [5.74, 6) is -0.774. The SMILES string of the molecule is CCOc1cccc(/C=C(\C#N)C(=O)Nc2c(C)cc(C)cc2C)c1OC(F)F. The molecule has 0 aromatic heterocycles. The Morgan fingerprint density at radius 3 is 2.45 bits per heavy atom. The van der Waals surface area contributed by atoms with Crippen molar-refractivity contribution >= 4 is 17.7 Å². The van der Waals surface area contributed by atoms with Gasteiger partial charge in [-0.2, -0.15) is 14.0 Å². The third kappa shape index (κ3) is 5.55. The Hall–Kier alpha value is -3.40. The number of nitrogens with zero attached hydrogens (tertiary/aromatic N) is 1. The second-order valence-electron chi connectivity index (χ2n) is 6.38. The van der Waals surface area contributed by atoms with Crippen molar-refractivity contribution in [3.05, 3.63) is 58.2 Å². The lowest BCUT2D eigenvalue weighted by atomic mass is 10.0. The normalized spacial score (nSPS) is 11.2. The fourth-order valence-corrected chi connectivity index (χ4v) is 2.99. The minimum absolute atomic E-state index is 0.101. The van der Waals surface area contributed by atoms with E-state index in [2.05, 4.69) is 10.1 Å². The van der Waals surface area contributed by atoms with E-state index in [9.17, 15) is 18.8 Å². The Labute approximate surface area is 168 Å². The lowest BCUT2D eigenvalue weighted by molar-refractivity contribution is -0.112. The summed E-state index contributed by atoms with van der Waals surface area (Å²) in [4.78, 5) is 12.7. The van der Waals surface area contributed by atoms with E-state index in [4.69, 9.17) is 4.74 Å². The highest BCUT2D eigenvalue weighted by molar-refractivity contribution is 6.10. The Morgan fingerprint density at radius 1 is 1.24 bits per heavy atom. The summed E-state index contributed by atoms with van der Waals surface area (Å²) in [6.07, 6.45) is 1.20. The molecule has 0 aliphatic rings. The molecule has 0 radical (unpaired) electrons. The van der Waals surface area contributed by atoms with Gasteiger partial charge in [-0.05, 0) is 51.0 Å². The van der Waals surface area contributed by atoms with E-state index < -0.39 is 12.5 Å². The summed E-state index contributed by atoms with van der Waals surface area (Å²) in [6.45, 7) is 4.51. The van der Waals surface area contributed by atoms with E-state index in [1.807, 2.05) is 39.0 Å². The van der Waals surface area contributed by atoms with Crippen molar-refractivity contribution in [3.63, 3.8) is 0 Å². The molecular formula is C22H22F2N2O3. The zero-order valence-electron chi connectivity index (χ0n) is 16.7. The van der Waals surface area contributed by atoms with Crippen LogP contribution in [0.1, 0.15) is 29.2 Å². The molecule has 152 valence electrons. The number of nitriles is 1. The summed E-state index contributed by atoms with van der Waals surface area (Å²) < 4.78 is 35.6. The van der Waals surface area contributed by atoms with Crippen LogP contribution in [0.3, 0.4) is 0 Å². The van der Waals surface area contributed by atoms with Gasteiger partial charge in [0.1, 0.15) is 11.6 Å². The van der Waals surface area contributed by atoms with Gasteiger partial charge in [0.05, 0.1) is 6.61 Å². The van der Waals surface area contributed by atoms with Gasteiger partial charge in [-0.1, -0.05) is 29.8 Å². The van der Waals surface area contributed by atoms with Crippen LogP contribution in [-0.4, -0.2) is 19.1 Å². The number of halogens is 2. The number of benzene rings is 2. The number of carbonyl (C=O) groups is 1. The quantitative estimate of drug-likeness (QED) is 0.515. The molecule has 0 unspecified atom stereocenters. The molecule has 1 N–H and O–H groups in total. The van der Waals surface area contributed by atoms with Crippen molar-refractivity contribution in [2.75, 3.05) is 11.9 Å². The van der Waals surface area contributed by atoms with E-state index in [1.165, 1.54) is 18.2 Å². The second-order valence-corrected chi connectivity index (χ2v) is 6.38. The van der Waals surface area contributed by atoms with Crippen molar-refractivity contribution in [1.29, 1.82) is 5.26 Å². The molecule has 2 aromatic carbocycles. The Balaban J connectivity index is 2.43. The zero-order valence-corrected chi connectivity index (χ0v) is 16.7. The van der Waals surface area contributed by atoms with Gasteiger partial charge >= 0.3 is 6.61 Å². The molecular weight excluding hydrogens is 378 g/mol. The zero-order chi connectivity index (χ0) is 21.6. The molecule has 0 saturated carbocycles. The van der Waals surface area contributed by atoms with Gasteiger partial charge in [0, 0.05) is 11.3 Å². The van der Waals surface area contributed by atoms with Crippen LogP contribution in [0.25, 0.3) is 6.08 Å². The number of carbonyl (C=O) groups excluding carboxylic acids is 1. The number of hydrogen-bond donors (Lipinski definition) is 1. The molecule has 0 bridgehead atoms. The van der Waals surface area contributed by atoms with Crippen molar-refractivity contribution in [2.45, 2.75) is 34.3 Å². The first-order valence-corrected chi connectivity index (χ1v) is 8.98. The molecule has 0 spiro atoms. The van der Waals surface area contributed by atoms with Gasteiger partial charge in [-0.3, -0.25) is 4.79 Å². The largest absolute Gasteiger partial charge is 0.490 e. The summed E-state index contributed by atoms with van der Waals surface area (Å²) >= 11 is 0. The topological polar surface area (TPSA) is 71.3 Å². The summed E-state index contributed by atoms with van der Waals surface area (Å²) in [7, 11) is 0. The van der Waals surface area contributed by atoms with Gasteiger partial charge < -0.3 is 14.8 Å². The average molecular weight is 400 g/mol. The first-order valence-electron chi connectivity index (χ1n) is 8.98. The van der Waals surface area contributed by atoms with Crippen LogP contribution in [0.4, 0.5) is 14.5 Å². The lowest BCUT2D eigenvalue weighted by Gasteiger charge is -2.14. The van der Waals surface area contributed by atoms with Gasteiger partial charge in [-0.15, -0.1) is 0 Å². The number of hydrogen-bond acceptors (Lipinski definition) is 4. The number of amides is 1. The molecule has 0 heterocycles. The van der Waals surface area contributed by atoms with Crippen LogP contribution in [-0.2, 0) is 4.79 Å². The number of alkyl halides is 2. The molecule has 0 atom stereocenters. The van der Waals surface area contributed by atoms with Gasteiger partial charge in [0.15, 0.2) is 11.5 Å². The van der Waals surface area contributed by atoms with E-state index in [0.29, 0.717) is 5.69 Å². The van der Waals surface area contributed by atoms with Crippen LogP contribution in [0.5, 0.6) is 11.5 Å². The number of rotatable bonds is 7. The van der Waals surface area contributed by atoms with Crippen molar-refractivity contribution < 1.29 is 23.0 Å². The third-order valence-corrected chi connectivity index (χ3v) is 4.10. The summed E-state index contributed by atoms with van der Waals surface area (Å²) in [5.41, 5.74) is 3.25. The standard InChI is InChI=1S/C22H22F2N2O3/c1-5-28-18-8-6-7-16(20(18)29-22(23)24)11-17(12-25)21(27)26-19-14(3)9-13(2)10-15(19)4/h6-11,22H,5H2,1-4H3,(H,26,27)/b17-11+. The molecule has 0 saturated heterocycles. The van der Waals surface area contributed by atoms with E-state index >= 15 is 0 Å². The number of ether oxygens (including phenoxy) is 2.